The van der Waals surface area contributed by atoms with Crippen molar-refractivity contribution in [3.63, 3.8) is 0 Å². The molecule has 3 aromatic rings. The fraction of sp³-hybridized carbons (Fsp3) is 0.455. The summed E-state index contributed by atoms with van der Waals surface area (Å²) in [7, 11) is 1.50. The number of nitrogens with zero attached hydrogens (tertiary/aromatic N) is 3. The largest absolute Gasteiger partial charge is 0.386 e. The molecule has 1 fully saturated rings. The lowest BCUT2D eigenvalue weighted by Crippen LogP contribution is -2.47. The maximum atomic E-state index is 11.3. The van der Waals surface area contributed by atoms with Crippen LogP contribution in [0.4, 0.5) is 5.82 Å². The summed E-state index contributed by atoms with van der Waals surface area (Å²) in [5.41, 5.74) is 2.82. The molecule has 178 valence electrons. The van der Waals surface area contributed by atoms with Crippen molar-refractivity contribution < 1.29 is 24.5 Å². The third-order valence-electron chi connectivity index (χ3n) is 5.56. The van der Waals surface area contributed by atoms with Gasteiger partial charge in [-0.25, -0.2) is 15.4 Å². The molecule has 0 saturated carbocycles. The highest BCUT2D eigenvalue weighted by atomic mass is 35.5. The molecule has 4 atom stereocenters. The smallest absolute Gasteiger partial charge is 0.162 e. The zero-order valence-corrected chi connectivity index (χ0v) is 20.1. The second-order valence-electron chi connectivity index (χ2n) is 8.68. The Labute approximate surface area is 201 Å². The molecule has 1 aromatic carbocycles. The van der Waals surface area contributed by atoms with Gasteiger partial charge in [0.1, 0.15) is 36.0 Å². The number of aromatic nitrogens is 3. The molecule has 3 heterocycles. The Hall–Kier alpha value is -1.98. The first-order valence-electron chi connectivity index (χ1n) is 10.3. The third kappa shape index (κ3) is 4.81. The predicted molar refractivity (Wildman–Crippen MR) is 124 cm³/mol. The quantitative estimate of drug-likeness (QED) is 0.329. The lowest BCUT2D eigenvalue weighted by atomic mass is 9.89. The van der Waals surface area contributed by atoms with Gasteiger partial charge in [0, 0.05) is 12.6 Å². The zero-order valence-electron chi connectivity index (χ0n) is 18.6. The highest BCUT2D eigenvalue weighted by Gasteiger charge is 2.52. The van der Waals surface area contributed by atoms with E-state index in [1.165, 1.54) is 27.3 Å². The molecule has 0 radical (unpaired) electrons. The molecule has 9 nitrogen and oxygen atoms in total. The van der Waals surface area contributed by atoms with Crippen molar-refractivity contribution in [2.45, 2.75) is 57.0 Å². The van der Waals surface area contributed by atoms with Gasteiger partial charge < -0.3 is 24.3 Å². The lowest BCUT2D eigenvalue weighted by Gasteiger charge is -2.37. The molecular formula is C22H26Cl2N4O5. The van der Waals surface area contributed by atoms with Gasteiger partial charge in [-0.3, -0.25) is 4.84 Å². The molecule has 0 bridgehead atoms. The van der Waals surface area contributed by atoms with Crippen LogP contribution < -0.4 is 5.48 Å². The molecule has 4 unspecified atom stereocenters. The second-order valence-corrected chi connectivity index (χ2v) is 9.50. The van der Waals surface area contributed by atoms with Crippen LogP contribution in [0.5, 0.6) is 0 Å². The predicted octanol–water partition coefficient (Wildman–Crippen LogP) is 4.24. The van der Waals surface area contributed by atoms with Gasteiger partial charge in [0.15, 0.2) is 11.6 Å². The first kappa shape index (κ1) is 24.2. The second kappa shape index (κ2) is 8.99. The van der Waals surface area contributed by atoms with Crippen molar-refractivity contribution in [2.24, 2.45) is 0 Å². The van der Waals surface area contributed by atoms with Crippen LogP contribution in [0.15, 0.2) is 36.8 Å². The van der Waals surface area contributed by atoms with E-state index in [2.05, 4.69) is 15.4 Å². The van der Waals surface area contributed by atoms with E-state index in [4.69, 9.17) is 37.5 Å². The van der Waals surface area contributed by atoms with Crippen LogP contribution in [0, 0.1) is 0 Å². The van der Waals surface area contributed by atoms with Gasteiger partial charge in [-0.1, -0.05) is 29.3 Å². The SMILES string of the molecule is CONc1ncnc2c1ccn2C1CC(C)(OC(C)(C)O)C(C(O)c2ccc(Cl)c(Cl)c2)O1. The average molecular weight is 497 g/mol. The van der Waals surface area contributed by atoms with Crippen molar-refractivity contribution in [3.05, 3.63) is 52.4 Å². The fourth-order valence-corrected chi connectivity index (χ4v) is 4.63. The first-order valence-corrected chi connectivity index (χ1v) is 11.1. The minimum absolute atomic E-state index is 0.319. The average Bonchev–Trinajstić information content (AvgIpc) is 3.30. The summed E-state index contributed by atoms with van der Waals surface area (Å²) in [4.78, 5) is 13.6. The number of ether oxygens (including phenoxy) is 2. The Balaban J connectivity index is 1.72. The van der Waals surface area contributed by atoms with Crippen molar-refractivity contribution in [1.29, 1.82) is 0 Å². The van der Waals surface area contributed by atoms with Crippen molar-refractivity contribution in [1.82, 2.24) is 14.5 Å². The van der Waals surface area contributed by atoms with Crippen LogP contribution >= 0.6 is 23.2 Å². The Kier molecular flexibility index (Phi) is 6.58. The number of fused-ring (bicyclic) bond motifs is 1. The van der Waals surface area contributed by atoms with Crippen LogP contribution in [-0.4, -0.2) is 49.4 Å². The van der Waals surface area contributed by atoms with E-state index < -0.39 is 29.8 Å². The van der Waals surface area contributed by atoms with E-state index in [0.717, 1.165) is 5.39 Å². The molecule has 11 heteroatoms. The lowest BCUT2D eigenvalue weighted by molar-refractivity contribution is -0.261. The van der Waals surface area contributed by atoms with Gasteiger partial charge >= 0.3 is 0 Å². The van der Waals surface area contributed by atoms with E-state index in [1.807, 2.05) is 16.8 Å². The molecule has 1 saturated heterocycles. The molecule has 33 heavy (non-hydrogen) atoms. The molecule has 3 N–H and O–H groups in total. The number of aliphatic hydroxyl groups excluding tert-OH is 1. The van der Waals surface area contributed by atoms with Gasteiger partial charge in [0.05, 0.1) is 22.5 Å². The number of anilines is 1. The molecule has 1 aliphatic heterocycles. The minimum atomic E-state index is -1.46. The van der Waals surface area contributed by atoms with Gasteiger partial charge in [0.2, 0.25) is 0 Å². The number of aliphatic hydroxyl groups is 2. The number of benzene rings is 1. The number of nitrogens with one attached hydrogen (secondary N) is 1. The molecule has 0 aliphatic carbocycles. The summed E-state index contributed by atoms with van der Waals surface area (Å²) in [6.45, 7) is 4.87. The number of hydrogen-bond donors (Lipinski definition) is 3. The van der Waals surface area contributed by atoms with Crippen LogP contribution in [0.3, 0.4) is 0 Å². The Morgan fingerprint density at radius 1 is 1.27 bits per heavy atom. The standard InChI is InChI=1S/C22H26Cl2N4O5/c1-21(2,30)33-22(3)10-16(28-8-7-13-19(27-31-4)25-11-26-20(13)28)32-18(22)17(29)12-5-6-14(23)15(24)9-12/h5-9,11,16-18,29-30H,10H2,1-4H3,(H,25,26,27). The van der Waals surface area contributed by atoms with Gasteiger partial charge in [0.25, 0.3) is 0 Å². The first-order chi connectivity index (χ1) is 15.5. The number of rotatable bonds is 7. The van der Waals surface area contributed by atoms with Crippen LogP contribution in [0.2, 0.25) is 10.0 Å². The maximum Gasteiger partial charge on any atom is 0.162 e. The number of halogens is 2. The van der Waals surface area contributed by atoms with Crippen LogP contribution in [-0.2, 0) is 14.3 Å². The Morgan fingerprint density at radius 3 is 2.70 bits per heavy atom. The normalized spacial score (nSPS) is 24.4. The molecule has 2 aromatic heterocycles. The Bertz CT molecular complexity index is 1150. The summed E-state index contributed by atoms with van der Waals surface area (Å²) < 4.78 is 14.2. The van der Waals surface area contributed by atoms with Gasteiger partial charge in [-0.05, 0) is 44.5 Å². The number of hydrogen-bond acceptors (Lipinski definition) is 8. The van der Waals surface area contributed by atoms with E-state index in [-0.39, 0.29) is 0 Å². The molecule has 1 aliphatic rings. The Morgan fingerprint density at radius 2 is 2.03 bits per heavy atom. The fourth-order valence-electron chi connectivity index (χ4n) is 4.32. The van der Waals surface area contributed by atoms with Crippen molar-refractivity contribution >= 4 is 40.1 Å². The van der Waals surface area contributed by atoms with Crippen LogP contribution in [0.25, 0.3) is 11.0 Å². The minimum Gasteiger partial charge on any atom is -0.386 e. The van der Waals surface area contributed by atoms with Crippen LogP contribution in [0.1, 0.15) is 45.1 Å². The van der Waals surface area contributed by atoms with Gasteiger partial charge in [-0.15, -0.1) is 0 Å². The molecule has 0 amide bonds. The summed E-state index contributed by atoms with van der Waals surface area (Å²) >= 11 is 12.2. The topological polar surface area (TPSA) is 111 Å². The van der Waals surface area contributed by atoms with Crippen molar-refractivity contribution in [2.75, 3.05) is 12.6 Å². The summed E-state index contributed by atoms with van der Waals surface area (Å²) in [5, 5.41) is 23.1. The van der Waals surface area contributed by atoms with E-state index >= 15 is 0 Å². The molecule has 4 rings (SSSR count). The maximum absolute atomic E-state index is 11.3. The van der Waals surface area contributed by atoms with E-state index in [0.29, 0.717) is 33.5 Å². The third-order valence-corrected chi connectivity index (χ3v) is 6.30. The summed E-state index contributed by atoms with van der Waals surface area (Å²) in [6.07, 6.45) is 1.11. The zero-order chi connectivity index (χ0) is 24.0. The summed E-state index contributed by atoms with van der Waals surface area (Å²) in [5.74, 6) is -0.943. The van der Waals surface area contributed by atoms with E-state index in [1.54, 1.807) is 25.1 Å². The van der Waals surface area contributed by atoms with Gasteiger partial charge in [-0.2, -0.15) is 0 Å². The van der Waals surface area contributed by atoms with E-state index in [9.17, 15) is 10.2 Å². The van der Waals surface area contributed by atoms with Crippen molar-refractivity contribution in [3.8, 4) is 0 Å². The highest BCUT2D eigenvalue weighted by Crippen LogP contribution is 2.47. The molecular weight excluding hydrogens is 471 g/mol. The highest BCUT2D eigenvalue weighted by molar-refractivity contribution is 6.42. The molecule has 0 spiro atoms. The monoisotopic (exact) mass is 496 g/mol. The summed E-state index contributed by atoms with van der Waals surface area (Å²) in [6, 6.07) is 6.73.